The van der Waals surface area contributed by atoms with E-state index in [1.807, 2.05) is 6.92 Å². The highest BCUT2D eigenvalue weighted by molar-refractivity contribution is 6.07. The summed E-state index contributed by atoms with van der Waals surface area (Å²) in [5.74, 6) is 1.44. The van der Waals surface area contributed by atoms with Crippen molar-refractivity contribution < 1.29 is 14.0 Å². The van der Waals surface area contributed by atoms with Gasteiger partial charge >= 0.3 is 6.03 Å². The van der Waals surface area contributed by atoms with E-state index in [0.29, 0.717) is 30.5 Å². The monoisotopic (exact) mass is 320 g/mol. The summed E-state index contributed by atoms with van der Waals surface area (Å²) in [4.78, 5) is 26.6. The third-order valence-electron chi connectivity index (χ3n) is 4.70. The third kappa shape index (κ3) is 2.96. The molecule has 1 atom stereocenters. The molecular weight excluding hydrogens is 296 g/mol. The number of nitrogens with one attached hydrogen (secondary N) is 1. The molecule has 1 aliphatic heterocycles. The predicted molar refractivity (Wildman–Crippen MR) is 82.3 cm³/mol. The average molecular weight is 320 g/mol. The van der Waals surface area contributed by atoms with Crippen LogP contribution in [0.4, 0.5) is 4.79 Å². The Bertz CT molecular complexity index is 608. The van der Waals surface area contributed by atoms with E-state index in [-0.39, 0.29) is 24.4 Å². The van der Waals surface area contributed by atoms with E-state index in [2.05, 4.69) is 29.4 Å². The first-order chi connectivity index (χ1) is 11.0. The number of aryl methyl sites for hydroxylation is 1. The number of carbonyl (C=O) groups is 2. The Hall–Kier alpha value is -1.92. The number of aromatic nitrogens is 2. The molecule has 7 heteroatoms. The molecule has 2 heterocycles. The van der Waals surface area contributed by atoms with Crippen LogP contribution in [0, 0.1) is 11.8 Å². The number of hydrogen-bond donors (Lipinski definition) is 1. The Morgan fingerprint density at radius 1 is 1.30 bits per heavy atom. The lowest BCUT2D eigenvalue weighted by Gasteiger charge is -2.27. The summed E-state index contributed by atoms with van der Waals surface area (Å²) >= 11 is 0. The molecule has 1 saturated carbocycles. The summed E-state index contributed by atoms with van der Waals surface area (Å²) in [6.45, 7) is 6.22. The van der Waals surface area contributed by atoms with Gasteiger partial charge in [-0.25, -0.2) is 4.79 Å². The first kappa shape index (κ1) is 16.0. The minimum atomic E-state index is -0.727. The van der Waals surface area contributed by atoms with Gasteiger partial charge < -0.3 is 9.73 Å². The second-order valence-electron chi connectivity index (χ2n) is 6.94. The molecule has 0 unspecified atom stereocenters. The van der Waals surface area contributed by atoms with E-state index >= 15 is 0 Å². The maximum atomic E-state index is 13.0. The van der Waals surface area contributed by atoms with Crippen molar-refractivity contribution in [1.82, 2.24) is 20.4 Å². The molecule has 2 aliphatic rings. The van der Waals surface area contributed by atoms with E-state index in [1.165, 1.54) is 4.90 Å². The molecule has 126 valence electrons. The number of nitrogens with zero attached hydrogens (tertiary/aromatic N) is 3. The lowest BCUT2D eigenvalue weighted by molar-refractivity contribution is -0.133. The topological polar surface area (TPSA) is 88.3 Å². The Balaban J connectivity index is 1.77. The van der Waals surface area contributed by atoms with Crippen LogP contribution < -0.4 is 5.32 Å². The van der Waals surface area contributed by atoms with Crippen LogP contribution in [0.3, 0.4) is 0 Å². The normalized spacial score (nSPS) is 24.6. The second-order valence-corrected chi connectivity index (χ2v) is 6.94. The van der Waals surface area contributed by atoms with Gasteiger partial charge in [0.15, 0.2) is 0 Å². The fourth-order valence-electron chi connectivity index (χ4n) is 3.16. The Kier molecular flexibility index (Phi) is 4.12. The van der Waals surface area contributed by atoms with E-state index in [9.17, 15) is 9.59 Å². The zero-order valence-corrected chi connectivity index (χ0v) is 14.0. The van der Waals surface area contributed by atoms with Gasteiger partial charge in [-0.2, -0.15) is 0 Å². The summed E-state index contributed by atoms with van der Waals surface area (Å²) in [6, 6.07) is -0.345. The standard InChI is InChI=1S/C16H24N4O3/c1-4-12-18-19-13(23-12)9-20-14(21)16(11-5-6-11,17-15(20)22)8-7-10(2)3/h10-11H,4-9H2,1-3H3,(H,17,22)/t16-/m0/s1. The third-order valence-corrected chi connectivity index (χ3v) is 4.70. The minimum absolute atomic E-state index is 0.0494. The molecule has 1 aliphatic carbocycles. The molecule has 1 aromatic rings. The number of hydrogen-bond acceptors (Lipinski definition) is 5. The van der Waals surface area contributed by atoms with Crippen molar-refractivity contribution in [1.29, 1.82) is 0 Å². The summed E-state index contributed by atoms with van der Waals surface area (Å²) in [5.41, 5.74) is -0.727. The number of amides is 3. The Labute approximate surface area is 135 Å². The summed E-state index contributed by atoms with van der Waals surface area (Å²) in [5, 5.41) is 10.8. The van der Waals surface area contributed by atoms with Crippen LogP contribution in [0.5, 0.6) is 0 Å². The summed E-state index contributed by atoms with van der Waals surface area (Å²) < 4.78 is 5.44. The molecule has 3 rings (SSSR count). The van der Waals surface area contributed by atoms with Crippen molar-refractivity contribution in [3.63, 3.8) is 0 Å². The van der Waals surface area contributed by atoms with E-state index in [1.54, 1.807) is 0 Å². The molecule has 0 bridgehead atoms. The average Bonchev–Trinajstić information content (AvgIpc) is 3.22. The summed E-state index contributed by atoms with van der Waals surface area (Å²) in [6.07, 6.45) is 4.24. The van der Waals surface area contributed by atoms with Crippen molar-refractivity contribution in [2.24, 2.45) is 11.8 Å². The Morgan fingerprint density at radius 3 is 2.57 bits per heavy atom. The molecule has 0 aromatic carbocycles. The second kappa shape index (κ2) is 5.94. The Morgan fingerprint density at radius 2 is 2.00 bits per heavy atom. The summed E-state index contributed by atoms with van der Waals surface area (Å²) in [7, 11) is 0. The van der Waals surface area contributed by atoms with Gasteiger partial charge in [0.2, 0.25) is 11.8 Å². The maximum absolute atomic E-state index is 13.0. The van der Waals surface area contributed by atoms with Crippen LogP contribution in [-0.4, -0.2) is 32.6 Å². The molecule has 1 N–H and O–H groups in total. The van der Waals surface area contributed by atoms with Crippen molar-refractivity contribution in [3.05, 3.63) is 11.8 Å². The van der Waals surface area contributed by atoms with Crippen molar-refractivity contribution in [3.8, 4) is 0 Å². The van der Waals surface area contributed by atoms with Crippen LogP contribution >= 0.6 is 0 Å². The van der Waals surface area contributed by atoms with Gasteiger partial charge in [0, 0.05) is 6.42 Å². The predicted octanol–water partition coefficient (Wildman–Crippen LogP) is 2.27. The number of imide groups is 1. The zero-order chi connectivity index (χ0) is 16.6. The van der Waals surface area contributed by atoms with Gasteiger partial charge in [0.25, 0.3) is 5.91 Å². The molecule has 3 amide bonds. The minimum Gasteiger partial charge on any atom is -0.423 e. The molecule has 0 radical (unpaired) electrons. The molecule has 7 nitrogen and oxygen atoms in total. The van der Waals surface area contributed by atoms with E-state index in [4.69, 9.17) is 4.42 Å². The molecular formula is C16H24N4O3. The molecule has 23 heavy (non-hydrogen) atoms. The van der Waals surface area contributed by atoms with Crippen LogP contribution in [-0.2, 0) is 17.8 Å². The van der Waals surface area contributed by atoms with Crippen LogP contribution in [0.25, 0.3) is 0 Å². The smallest absolute Gasteiger partial charge is 0.325 e. The van der Waals surface area contributed by atoms with Gasteiger partial charge in [-0.1, -0.05) is 20.8 Å². The van der Waals surface area contributed by atoms with E-state index < -0.39 is 5.54 Å². The first-order valence-corrected chi connectivity index (χ1v) is 8.41. The van der Waals surface area contributed by atoms with Crippen LogP contribution in [0.1, 0.15) is 58.2 Å². The van der Waals surface area contributed by atoms with Crippen molar-refractivity contribution in [2.45, 2.75) is 65.0 Å². The lowest BCUT2D eigenvalue weighted by atomic mass is 9.85. The van der Waals surface area contributed by atoms with Gasteiger partial charge in [0.1, 0.15) is 12.1 Å². The van der Waals surface area contributed by atoms with E-state index in [0.717, 1.165) is 19.3 Å². The zero-order valence-electron chi connectivity index (χ0n) is 14.0. The van der Waals surface area contributed by atoms with Crippen molar-refractivity contribution in [2.75, 3.05) is 0 Å². The number of rotatable bonds is 7. The number of urea groups is 1. The molecule has 0 spiro atoms. The SMILES string of the molecule is CCc1nnc(CN2C(=O)N[C@@](CCC(C)C)(C3CC3)C2=O)o1. The largest absolute Gasteiger partial charge is 0.423 e. The number of carbonyl (C=O) groups excluding carboxylic acids is 2. The van der Waals surface area contributed by atoms with Gasteiger partial charge in [-0.15, -0.1) is 10.2 Å². The highest BCUT2D eigenvalue weighted by atomic mass is 16.4. The van der Waals surface area contributed by atoms with Gasteiger partial charge in [0.05, 0.1) is 0 Å². The van der Waals surface area contributed by atoms with Crippen LogP contribution in [0.15, 0.2) is 4.42 Å². The quantitative estimate of drug-likeness (QED) is 0.779. The first-order valence-electron chi connectivity index (χ1n) is 8.41. The highest BCUT2D eigenvalue weighted by Crippen LogP contribution is 2.46. The maximum Gasteiger partial charge on any atom is 0.325 e. The van der Waals surface area contributed by atoms with Crippen LogP contribution in [0.2, 0.25) is 0 Å². The van der Waals surface area contributed by atoms with Gasteiger partial charge in [-0.05, 0) is 37.5 Å². The lowest BCUT2D eigenvalue weighted by Crippen LogP contribution is -2.49. The fourth-order valence-corrected chi connectivity index (χ4v) is 3.16. The molecule has 1 aromatic heterocycles. The molecule has 2 fully saturated rings. The highest BCUT2D eigenvalue weighted by Gasteiger charge is 2.58. The fraction of sp³-hybridized carbons (Fsp3) is 0.750. The molecule has 1 saturated heterocycles. The van der Waals surface area contributed by atoms with Gasteiger partial charge in [-0.3, -0.25) is 9.69 Å². The van der Waals surface area contributed by atoms with Crippen molar-refractivity contribution >= 4 is 11.9 Å².